The lowest BCUT2D eigenvalue weighted by Gasteiger charge is -2.37. The van der Waals surface area contributed by atoms with Crippen LogP contribution in [0.2, 0.25) is 0 Å². The summed E-state index contributed by atoms with van der Waals surface area (Å²) in [5.74, 6) is -0.278. The molecule has 0 aliphatic carbocycles. The molecule has 3 amide bonds. The van der Waals surface area contributed by atoms with Crippen LogP contribution in [-0.4, -0.2) is 73.0 Å². The number of hydrogen-bond donors (Lipinski definition) is 2. The number of hydrogen-bond acceptors (Lipinski definition) is 6. The summed E-state index contributed by atoms with van der Waals surface area (Å²) in [7, 11) is 0. The Labute approximate surface area is 190 Å². The van der Waals surface area contributed by atoms with Gasteiger partial charge in [-0.3, -0.25) is 4.79 Å². The van der Waals surface area contributed by atoms with E-state index in [0.29, 0.717) is 26.2 Å². The molecule has 1 saturated heterocycles. The normalized spacial score (nSPS) is 15.6. The van der Waals surface area contributed by atoms with Gasteiger partial charge < -0.3 is 29.9 Å². The average molecular weight is 449 g/mol. The van der Waals surface area contributed by atoms with E-state index in [1.165, 1.54) is 0 Å². The van der Waals surface area contributed by atoms with Gasteiger partial charge in [0.05, 0.1) is 6.54 Å². The van der Waals surface area contributed by atoms with Crippen molar-refractivity contribution in [2.45, 2.75) is 58.8 Å². The van der Waals surface area contributed by atoms with Crippen LogP contribution in [0.3, 0.4) is 0 Å². The second-order valence-electron chi connectivity index (χ2n) is 9.73. The molecular weight excluding hydrogens is 412 g/mol. The fourth-order valence-electron chi connectivity index (χ4n) is 3.19. The Morgan fingerprint density at radius 1 is 0.875 bits per heavy atom. The standard InChI is InChI=1S/C23H36N4O5/c1-22(2,3)31-20(29)24-16-18(25-21(30)32-23(4,5)6)19(28)27-14-12-26(13-15-27)17-10-8-7-9-11-17/h7-11,18H,12-16H2,1-6H3,(H,24,29)(H,25,30)/t18-/m1/s1. The van der Waals surface area contributed by atoms with Gasteiger partial charge in [-0.25, -0.2) is 9.59 Å². The fourth-order valence-corrected chi connectivity index (χ4v) is 3.19. The maximum atomic E-state index is 13.2. The van der Waals surface area contributed by atoms with Crippen molar-refractivity contribution in [3.8, 4) is 0 Å². The molecule has 1 aromatic carbocycles. The Bertz CT molecular complexity index is 778. The zero-order chi connectivity index (χ0) is 23.9. The van der Waals surface area contributed by atoms with Crippen LogP contribution >= 0.6 is 0 Å². The van der Waals surface area contributed by atoms with E-state index in [4.69, 9.17) is 9.47 Å². The lowest BCUT2D eigenvalue weighted by Crippen LogP contribution is -2.58. The Balaban J connectivity index is 2.01. The molecule has 9 heteroatoms. The molecule has 32 heavy (non-hydrogen) atoms. The maximum absolute atomic E-state index is 13.2. The predicted molar refractivity (Wildman–Crippen MR) is 123 cm³/mol. The van der Waals surface area contributed by atoms with Crippen LogP contribution in [0.25, 0.3) is 0 Å². The molecule has 0 spiro atoms. The van der Waals surface area contributed by atoms with Crippen LogP contribution in [-0.2, 0) is 14.3 Å². The third-order valence-electron chi connectivity index (χ3n) is 4.55. The molecule has 178 valence electrons. The molecule has 0 unspecified atom stereocenters. The SMILES string of the molecule is CC(C)(C)OC(=O)NC[C@@H](NC(=O)OC(C)(C)C)C(=O)N1CCN(c2ccccc2)CC1. The van der Waals surface area contributed by atoms with Crippen LogP contribution in [0.4, 0.5) is 15.3 Å². The zero-order valence-electron chi connectivity index (χ0n) is 19.9. The van der Waals surface area contributed by atoms with Crippen LogP contribution in [0.15, 0.2) is 30.3 Å². The summed E-state index contributed by atoms with van der Waals surface area (Å²) in [6.07, 6.45) is -1.38. The number of para-hydroxylation sites is 1. The van der Waals surface area contributed by atoms with Gasteiger partial charge in [-0.15, -0.1) is 0 Å². The number of alkyl carbamates (subject to hydrolysis) is 2. The number of amides is 3. The molecule has 0 aromatic heterocycles. The minimum atomic E-state index is -0.972. The van der Waals surface area contributed by atoms with E-state index >= 15 is 0 Å². The van der Waals surface area contributed by atoms with E-state index in [1.807, 2.05) is 30.3 Å². The van der Waals surface area contributed by atoms with Gasteiger partial charge in [-0.2, -0.15) is 0 Å². The van der Waals surface area contributed by atoms with Gasteiger partial charge in [0, 0.05) is 31.9 Å². The van der Waals surface area contributed by atoms with Crippen molar-refractivity contribution in [2.24, 2.45) is 0 Å². The zero-order valence-corrected chi connectivity index (χ0v) is 19.9. The van der Waals surface area contributed by atoms with Crippen LogP contribution in [0.5, 0.6) is 0 Å². The van der Waals surface area contributed by atoms with Gasteiger partial charge in [-0.05, 0) is 53.7 Å². The number of ether oxygens (including phenoxy) is 2. The van der Waals surface area contributed by atoms with Gasteiger partial charge in [0.1, 0.15) is 17.2 Å². The second-order valence-corrected chi connectivity index (χ2v) is 9.73. The van der Waals surface area contributed by atoms with Crippen molar-refractivity contribution in [3.05, 3.63) is 30.3 Å². The summed E-state index contributed by atoms with van der Waals surface area (Å²) in [4.78, 5) is 41.5. The summed E-state index contributed by atoms with van der Waals surface area (Å²) in [5.41, 5.74) is -0.275. The first-order chi connectivity index (χ1) is 14.8. The Morgan fingerprint density at radius 2 is 1.41 bits per heavy atom. The molecule has 1 aliphatic rings. The highest BCUT2D eigenvalue weighted by molar-refractivity contribution is 5.86. The van der Waals surface area contributed by atoms with Crippen molar-refractivity contribution in [2.75, 3.05) is 37.6 Å². The number of benzene rings is 1. The number of rotatable bonds is 5. The number of carbonyl (C=O) groups is 3. The van der Waals surface area contributed by atoms with Crippen LogP contribution in [0.1, 0.15) is 41.5 Å². The highest BCUT2D eigenvalue weighted by atomic mass is 16.6. The van der Waals surface area contributed by atoms with Crippen molar-refractivity contribution >= 4 is 23.8 Å². The number of piperazine rings is 1. The molecule has 1 heterocycles. The highest BCUT2D eigenvalue weighted by Gasteiger charge is 2.31. The predicted octanol–water partition coefficient (Wildman–Crippen LogP) is 2.75. The maximum Gasteiger partial charge on any atom is 0.408 e. The van der Waals surface area contributed by atoms with Gasteiger partial charge in [0.2, 0.25) is 5.91 Å². The fraction of sp³-hybridized carbons (Fsp3) is 0.609. The molecule has 1 aliphatic heterocycles. The monoisotopic (exact) mass is 448 g/mol. The molecule has 2 rings (SSSR count). The van der Waals surface area contributed by atoms with Gasteiger partial charge in [-0.1, -0.05) is 18.2 Å². The average Bonchev–Trinajstić information content (AvgIpc) is 2.69. The second kappa shape index (κ2) is 10.6. The van der Waals surface area contributed by atoms with Gasteiger partial charge in [0.15, 0.2) is 0 Å². The van der Waals surface area contributed by atoms with E-state index in [1.54, 1.807) is 46.4 Å². The third kappa shape index (κ3) is 8.64. The minimum absolute atomic E-state index is 0.105. The molecule has 1 atom stereocenters. The molecule has 1 fully saturated rings. The molecule has 2 N–H and O–H groups in total. The first-order valence-electron chi connectivity index (χ1n) is 10.9. The Hall–Kier alpha value is -2.97. The molecule has 1 aromatic rings. The smallest absolute Gasteiger partial charge is 0.408 e. The molecule has 0 saturated carbocycles. The first-order valence-corrected chi connectivity index (χ1v) is 10.9. The van der Waals surface area contributed by atoms with Crippen molar-refractivity contribution < 1.29 is 23.9 Å². The lowest BCUT2D eigenvalue weighted by molar-refractivity contribution is -0.133. The largest absolute Gasteiger partial charge is 0.444 e. The number of nitrogens with zero attached hydrogens (tertiary/aromatic N) is 2. The summed E-state index contributed by atoms with van der Waals surface area (Å²) in [6.45, 7) is 12.7. The van der Waals surface area contributed by atoms with E-state index in [9.17, 15) is 14.4 Å². The molecular formula is C23H36N4O5. The molecule has 9 nitrogen and oxygen atoms in total. The number of anilines is 1. The highest BCUT2D eigenvalue weighted by Crippen LogP contribution is 2.16. The van der Waals surface area contributed by atoms with Crippen molar-refractivity contribution in [1.82, 2.24) is 15.5 Å². The molecule has 0 bridgehead atoms. The number of carbonyl (C=O) groups excluding carboxylic acids is 3. The summed E-state index contributed by atoms with van der Waals surface area (Å²) < 4.78 is 10.5. The van der Waals surface area contributed by atoms with E-state index < -0.39 is 29.4 Å². The topological polar surface area (TPSA) is 100 Å². The quantitative estimate of drug-likeness (QED) is 0.719. The van der Waals surface area contributed by atoms with Crippen molar-refractivity contribution in [3.63, 3.8) is 0 Å². The Kier molecular flexibility index (Phi) is 8.35. The first kappa shape index (κ1) is 25.3. The lowest BCUT2D eigenvalue weighted by atomic mass is 10.2. The molecule has 0 radical (unpaired) electrons. The van der Waals surface area contributed by atoms with Crippen LogP contribution < -0.4 is 15.5 Å². The van der Waals surface area contributed by atoms with E-state index in [2.05, 4.69) is 15.5 Å². The number of nitrogens with one attached hydrogen (secondary N) is 2. The summed E-state index contributed by atoms with van der Waals surface area (Å²) in [6, 6.07) is 9.03. The summed E-state index contributed by atoms with van der Waals surface area (Å²) in [5, 5.41) is 5.17. The van der Waals surface area contributed by atoms with E-state index in [0.717, 1.165) is 5.69 Å². The van der Waals surface area contributed by atoms with Crippen molar-refractivity contribution in [1.29, 1.82) is 0 Å². The third-order valence-corrected chi connectivity index (χ3v) is 4.55. The van der Waals surface area contributed by atoms with E-state index in [-0.39, 0.29) is 12.5 Å². The van der Waals surface area contributed by atoms with Gasteiger partial charge >= 0.3 is 12.2 Å². The summed E-state index contributed by atoms with van der Waals surface area (Å²) >= 11 is 0. The minimum Gasteiger partial charge on any atom is -0.444 e. The Morgan fingerprint density at radius 3 is 1.94 bits per heavy atom. The van der Waals surface area contributed by atoms with Crippen LogP contribution in [0, 0.1) is 0 Å². The van der Waals surface area contributed by atoms with Gasteiger partial charge in [0.25, 0.3) is 0 Å².